The van der Waals surface area contributed by atoms with E-state index in [0.717, 1.165) is 41.9 Å². The van der Waals surface area contributed by atoms with Gasteiger partial charge in [-0.1, -0.05) is 30.3 Å². The van der Waals surface area contributed by atoms with Crippen molar-refractivity contribution in [3.63, 3.8) is 0 Å². The van der Waals surface area contributed by atoms with Crippen LogP contribution < -0.4 is 4.74 Å². The highest BCUT2D eigenvalue weighted by atomic mass is 16.5. The Morgan fingerprint density at radius 2 is 1.71 bits per heavy atom. The zero-order chi connectivity index (χ0) is 24.2. The topological polar surface area (TPSA) is 69.0 Å². The van der Waals surface area contributed by atoms with Gasteiger partial charge in [-0.25, -0.2) is 0 Å². The van der Waals surface area contributed by atoms with E-state index in [1.807, 2.05) is 79.4 Å². The third kappa shape index (κ3) is 7.24. The lowest BCUT2D eigenvalue weighted by molar-refractivity contribution is -0.143. The molecule has 6 nitrogen and oxygen atoms in total. The standard InChI is InChI=1S/C28H33NO5/c1-3-29(28(31)23-17-15-22(16-18-23)25-13-10-20-34-25)21-24-11-7-8-12-26(24)33-19-9-5-6-14-27(30)32-4-2/h7-8,10-13,15-18,20H,3-6,9,14,19,21H2,1-2H3. The van der Waals surface area contributed by atoms with Crippen molar-refractivity contribution in [2.45, 2.75) is 46.1 Å². The van der Waals surface area contributed by atoms with E-state index < -0.39 is 0 Å². The van der Waals surface area contributed by atoms with Crippen LogP contribution in [-0.2, 0) is 16.1 Å². The number of carbonyl (C=O) groups excluding carboxylic acids is 2. The van der Waals surface area contributed by atoms with Crippen LogP contribution in [0.1, 0.15) is 55.5 Å². The summed E-state index contributed by atoms with van der Waals surface area (Å²) >= 11 is 0. The molecule has 180 valence electrons. The van der Waals surface area contributed by atoms with Crippen molar-refractivity contribution in [1.82, 2.24) is 4.90 Å². The molecule has 0 N–H and O–H groups in total. The van der Waals surface area contributed by atoms with Gasteiger partial charge in [0.05, 0.1) is 19.5 Å². The van der Waals surface area contributed by atoms with Gasteiger partial charge in [-0.2, -0.15) is 0 Å². The second kappa shape index (κ2) is 13.2. The van der Waals surface area contributed by atoms with Crippen LogP contribution in [0.15, 0.2) is 71.3 Å². The highest BCUT2D eigenvalue weighted by Crippen LogP contribution is 2.23. The van der Waals surface area contributed by atoms with E-state index in [1.54, 1.807) is 6.26 Å². The Morgan fingerprint density at radius 1 is 0.912 bits per heavy atom. The number of benzene rings is 2. The second-order valence-electron chi connectivity index (χ2n) is 7.95. The van der Waals surface area contributed by atoms with Crippen LogP contribution in [0, 0.1) is 0 Å². The van der Waals surface area contributed by atoms with E-state index in [4.69, 9.17) is 13.9 Å². The molecular weight excluding hydrogens is 430 g/mol. The average molecular weight is 464 g/mol. The van der Waals surface area contributed by atoms with Gasteiger partial charge >= 0.3 is 5.97 Å². The van der Waals surface area contributed by atoms with Crippen molar-refractivity contribution in [3.05, 3.63) is 78.1 Å². The molecule has 34 heavy (non-hydrogen) atoms. The zero-order valence-corrected chi connectivity index (χ0v) is 20.0. The van der Waals surface area contributed by atoms with E-state index in [0.29, 0.717) is 38.3 Å². The third-order valence-electron chi connectivity index (χ3n) is 5.53. The molecule has 0 unspecified atom stereocenters. The normalized spacial score (nSPS) is 10.6. The lowest BCUT2D eigenvalue weighted by Crippen LogP contribution is -2.30. The number of rotatable bonds is 13. The third-order valence-corrected chi connectivity index (χ3v) is 5.53. The molecule has 0 radical (unpaired) electrons. The number of amides is 1. The second-order valence-corrected chi connectivity index (χ2v) is 7.95. The largest absolute Gasteiger partial charge is 0.493 e. The Hall–Kier alpha value is -3.54. The Balaban J connectivity index is 1.54. The minimum Gasteiger partial charge on any atom is -0.493 e. The van der Waals surface area contributed by atoms with E-state index in [-0.39, 0.29) is 11.9 Å². The molecule has 0 spiro atoms. The summed E-state index contributed by atoms with van der Waals surface area (Å²) in [5, 5.41) is 0. The number of carbonyl (C=O) groups is 2. The highest BCUT2D eigenvalue weighted by Gasteiger charge is 2.17. The average Bonchev–Trinajstić information content (AvgIpc) is 3.40. The number of hydrogen-bond donors (Lipinski definition) is 0. The van der Waals surface area contributed by atoms with Crippen molar-refractivity contribution >= 4 is 11.9 Å². The van der Waals surface area contributed by atoms with Gasteiger partial charge in [0, 0.05) is 36.2 Å². The van der Waals surface area contributed by atoms with Gasteiger partial charge in [0.2, 0.25) is 0 Å². The highest BCUT2D eigenvalue weighted by molar-refractivity contribution is 5.94. The first-order valence-electron chi connectivity index (χ1n) is 11.9. The van der Waals surface area contributed by atoms with Gasteiger partial charge < -0.3 is 18.8 Å². The summed E-state index contributed by atoms with van der Waals surface area (Å²) in [7, 11) is 0. The SMILES string of the molecule is CCOC(=O)CCCCCOc1ccccc1CN(CC)C(=O)c1ccc(-c2ccco2)cc1. The molecule has 1 aromatic heterocycles. The number of nitrogens with zero attached hydrogens (tertiary/aromatic N) is 1. The minimum atomic E-state index is -0.145. The Morgan fingerprint density at radius 3 is 2.41 bits per heavy atom. The summed E-state index contributed by atoms with van der Waals surface area (Å²) in [5.74, 6) is 1.39. The fourth-order valence-corrected chi connectivity index (χ4v) is 3.67. The van der Waals surface area contributed by atoms with Crippen LogP contribution >= 0.6 is 0 Å². The molecule has 0 atom stereocenters. The predicted octanol–water partition coefficient (Wildman–Crippen LogP) is 6.11. The Bertz CT molecular complexity index is 1030. The summed E-state index contributed by atoms with van der Waals surface area (Å²) < 4.78 is 16.4. The summed E-state index contributed by atoms with van der Waals surface area (Å²) in [6.45, 7) is 5.83. The maximum atomic E-state index is 13.1. The van der Waals surface area contributed by atoms with E-state index in [9.17, 15) is 9.59 Å². The van der Waals surface area contributed by atoms with Crippen LogP contribution in [0.4, 0.5) is 0 Å². The van der Waals surface area contributed by atoms with Crippen molar-refractivity contribution in [2.24, 2.45) is 0 Å². The minimum absolute atomic E-state index is 0.0257. The Kier molecular flexibility index (Phi) is 9.77. The van der Waals surface area contributed by atoms with E-state index >= 15 is 0 Å². The molecule has 0 fully saturated rings. The first-order chi connectivity index (χ1) is 16.6. The summed E-state index contributed by atoms with van der Waals surface area (Å²) in [4.78, 5) is 26.4. The van der Waals surface area contributed by atoms with Crippen molar-refractivity contribution in [2.75, 3.05) is 19.8 Å². The van der Waals surface area contributed by atoms with Crippen molar-refractivity contribution in [3.8, 4) is 17.1 Å². The van der Waals surface area contributed by atoms with Crippen LogP contribution in [0.3, 0.4) is 0 Å². The lowest BCUT2D eigenvalue weighted by Gasteiger charge is -2.22. The zero-order valence-electron chi connectivity index (χ0n) is 20.0. The van der Waals surface area contributed by atoms with Gasteiger partial charge in [0.15, 0.2) is 0 Å². The molecule has 3 aromatic rings. The van der Waals surface area contributed by atoms with Gasteiger partial charge in [-0.3, -0.25) is 9.59 Å². The molecule has 0 bridgehead atoms. The van der Waals surface area contributed by atoms with Crippen LogP contribution in [0.2, 0.25) is 0 Å². The Labute approximate surface area is 201 Å². The maximum absolute atomic E-state index is 13.1. The van der Waals surface area contributed by atoms with Crippen LogP contribution in [0.5, 0.6) is 5.75 Å². The molecule has 1 heterocycles. The van der Waals surface area contributed by atoms with Crippen LogP contribution in [0.25, 0.3) is 11.3 Å². The van der Waals surface area contributed by atoms with Gasteiger partial charge in [-0.15, -0.1) is 0 Å². The molecule has 6 heteroatoms. The van der Waals surface area contributed by atoms with Crippen LogP contribution in [-0.4, -0.2) is 36.5 Å². The predicted molar refractivity (Wildman–Crippen MR) is 132 cm³/mol. The maximum Gasteiger partial charge on any atom is 0.305 e. The molecule has 0 aliphatic rings. The number of unbranched alkanes of at least 4 members (excludes halogenated alkanes) is 2. The molecular formula is C28H33NO5. The lowest BCUT2D eigenvalue weighted by atomic mass is 10.1. The number of ether oxygens (including phenoxy) is 2. The molecule has 2 aromatic carbocycles. The number of esters is 1. The first kappa shape index (κ1) is 25.1. The first-order valence-corrected chi connectivity index (χ1v) is 11.9. The monoisotopic (exact) mass is 463 g/mol. The van der Waals surface area contributed by atoms with E-state index in [1.165, 1.54) is 0 Å². The fraction of sp³-hybridized carbons (Fsp3) is 0.357. The van der Waals surface area contributed by atoms with Crippen molar-refractivity contribution in [1.29, 1.82) is 0 Å². The molecule has 0 saturated carbocycles. The molecule has 1 amide bonds. The summed E-state index contributed by atoms with van der Waals surface area (Å²) in [6, 6.07) is 19.0. The quantitative estimate of drug-likeness (QED) is 0.226. The molecule has 3 rings (SSSR count). The number of hydrogen-bond acceptors (Lipinski definition) is 5. The summed E-state index contributed by atoms with van der Waals surface area (Å²) in [6.07, 6.45) is 4.62. The number of furan rings is 1. The van der Waals surface area contributed by atoms with Gasteiger partial charge in [-0.05, 0) is 63.4 Å². The molecule has 0 saturated heterocycles. The van der Waals surface area contributed by atoms with Gasteiger partial charge in [0.25, 0.3) is 5.91 Å². The van der Waals surface area contributed by atoms with Gasteiger partial charge in [0.1, 0.15) is 11.5 Å². The van der Waals surface area contributed by atoms with Crippen molar-refractivity contribution < 1.29 is 23.5 Å². The smallest absolute Gasteiger partial charge is 0.305 e. The molecule has 0 aliphatic carbocycles. The molecule has 0 aliphatic heterocycles. The number of para-hydroxylation sites is 1. The summed E-state index contributed by atoms with van der Waals surface area (Å²) in [5.41, 5.74) is 2.54. The fourth-order valence-electron chi connectivity index (χ4n) is 3.67. The van der Waals surface area contributed by atoms with E-state index in [2.05, 4.69) is 0 Å².